The van der Waals surface area contributed by atoms with Gasteiger partial charge in [0.15, 0.2) is 0 Å². The molecular weight excluding hydrogens is 329 g/mol. The Morgan fingerprint density at radius 2 is 1.71 bits per heavy atom. The van der Waals surface area contributed by atoms with E-state index in [2.05, 4.69) is 21.6 Å². The molecule has 0 atom stereocenters. The molecule has 1 fully saturated rings. The first-order valence-electron chi connectivity index (χ1n) is 7.76. The maximum Gasteiger partial charge on any atom is 0.261 e. The number of nitrogens with zero attached hydrogens (tertiary/aromatic N) is 2. The van der Waals surface area contributed by atoms with Crippen molar-refractivity contribution in [2.75, 3.05) is 42.8 Å². The summed E-state index contributed by atoms with van der Waals surface area (Å²) in [7, 11) is -1.72. The highest BCUT2D eigenvalue weighted by Crippen LogP contribution is 2.23. The zero-order valence-corrected chi connectivity index (χ0v) is 14.3. The number of likely N-dealkylation sites (N-methyl/N-ethyl adjacent to an activating group) is 1. The highest BCUT2D eigenvalue weighted by Gasteiger charge is 2.17. The Labute approximate surface area is 141 Å². The zero-order chi connectivity index (χ0) is 17.2. The number of piperazine rings is 1. The second-order valence-electron chi connectivity index (χ2n) is 5.90. The Kier molecular flexibility index (Phi) is 4.73. The average molecular weight is 349 g/mol. The molecule has 3 rings (SSSR count). The van der Waals surface area contributed by atoms with Crippen LogP contribution in [-0.4, -0.2) is 46.5 Å². The van der Waals surface area contributed by atoms with Crippen molar-refractivity contribution in [2.45, 2.75) is 4.90 Å². The van der Waals surface area contributed by atoms with Gasteiger partial charge in [-0.2, -0.15) is 0 Å². The third-order valence-electron chi connectivity index (χ3n) is 4.07. The number of benzene rings is 2. The molecule has 5 nitrogen and oxygen atoms in total. The van der Waals surface area contributed by atoms with E-state index in [9.17, 15) is 12.8 Å². The Morgan fingerprint density at radius 1 is 1.00 bits per heavy atom. The van der Waals surface area contributed by atoms with Gasteiger partial charge in [-0.05, 0) is 43.4 Å². The van der Waals surface area contributed by atoms with Crippen molar-refractivity contribution in [1.82, 2.24) is 4.90 Å². The van der Waals surface area contributed by atoms with Crippen LogP contribution in [0.25, 0.3) is 0 Å². The third-order valence-corrected chi connectivity index (χ3v) is 5.45. The number of rotatable bonds is 4. The van der Waals surface area contributed by atoms with Crippen LogP contribution in [0.1, 0.15) is 0 Å². The molecule has 0 amide bonds. The summed E-state index contributed by atoms with van der Waals surface area (Å²) >= 11 is 0. The summed E-state index contributed by atoms with van der Waals surface area (Å²) in [6, 6.07) is 12.3. The Hall–Kier alpha value is -2.12. The third kappa shape index (κ3) is 3.85. The number of nitrogens with one attached hydrogen (secondary N) is 1. The number of halogens is 1. The summed E-state index contributed by atoms with van der Waals surface area (Å²) in [6.07, 6.45) is 0. The van der Waals surface area contributed by atoms with Gasteiger partial charge in [0.1, 0.15) is 5.82 Å². The molecule has 2 aromatic carbocycles. The van der Waals surface area contributed by atoms with Crippen molar-refractivity contribution >= 4 is 21.4 Å². The van der Waals surface area contributed by atoms with Crippen molar-refractivity contribution in [2.24, 2.45) is 0 Å². The lowest BCUT2D eigenvalue weighted by Gasteiger charge is -2.34. The zero-order valence-electron chi connectivity index (χ0n) is 13.4. The van der Waals surface area contributed by atoms with Gasteiger partial charge in [-0.15, -0.1) is 0 Å². The first-order chi connectivity index (χ1) is 11.4. The highest BCUT2D eigenvalue weighted by atomic mass is 32.2. The summed E-state index contributed by atoms with van der Waals surface area (Å²) < 4.78 is 40.6. The van der Waals surface area contributed by atoms with Gasteiger partial charge in [-0.25, -0.2) is 12.8 Å². The first-order valence-corrected chi connectivity index (χ1v) is 9.24. The summed E-state index contributed by atoms with van der Waals surface area (Å²) in [5.41, 5.74) is 1.44. The second kappa shape index (κ2) is 6.78. The molecule has 7 heteroatoms. The SMILES string of the molecule is CN1CCN(c2cccc(NS(=O)(=O)c3cccc(F)c3)c2)CC1. The van der Waals surface area contributed by atoms with E-state index in [1.165, 1.54) is 18.2 Å². The maximum absolute atomic E-state index is 13.3. The number of sulfonamides is 1. The predicted molar refractivity (Wildman–Crippen MR) is 93.4 cm³/mol. The molecule has 0 bridgehead atoms. The minimum Gasteiger partial charge on any atom is -0.369 e. The molecule has 0 radical (unpaired) electrons. The van der Waals surface area contributed by atoms with Crippen LogP contribution in [0.4, 0.5) is 15.8 Å². The van der Waals surface area contributed by atoms with E-state index in [0.717, 1.165) is 37.9 Å². The summed E-state index contributed by atoms with van der Waals surface area (Å²) in [6.45, 7) is 3.74. The van der Waals surface area contributed by atoms with Gasteiger partial charge in [-0.3, -0.25) is 4.72 Å². The van der Waals surface area contributed by atoms with E-state index in [4.69, 9.17) is 0 Å². The van der Waals surface area contributed by atoms with Gasteiger partial charge in [0.05, 0.1) is 10.6 Å². The molecule has 128 valence electrons. The van der Waals surface area contributed by atoms with E-state index in [1.807, 2.05) is 18.2 Å². The van der Waals surface area contributed by atoms with Crippen molar-refractivity contribution in [1.29, 1.82) is 0 Å². The highest BCUT2D eigenvalue weighted by molar-refractivity contribution is 7.92. The summed E-state index contributed by atoms with van der Waals surface area (Å²) in [4.78, 5) is 4.39. The molecule has 1 heterocycles. The van der Waals surface area contributed by atoms with E-state index >= 15 is 0 Å². The molecule has 24 heavy (non-hydrogen) atoms. The van der Waals surface area contributed by atoms with Crippen LogP contribution in [0.2, 0.25) is 0 Å². The van der Waals surface area contributed by atoms with Crippen LogP contribution in [-0.2, 0) is 10.0 Å². The van der Waals surface area contributed by atoms with E-state index in [0.29, 0.717) is 5.69 Å². The van der Waals surface area contributed by atoms with E-state index in [1.54, 1.807) is 6.07 Å². The van der Waals surface area contributed by atoms with Crippen molar-refractivity contribution in [3.8, 4) is 0 Å². The Balaban J connectivity index is 1.79. The lowest BCUT2D eigenvalue weighted by atomic mass is 10.2. The van der Waals surface area contributed by atoms with E-state index < -0.39 is 15.8 Å². The summed E-state index contributed by atoms with van der Waals surface area (Å²) in [5, 5.41) is 0. The minimum atomic E-state index is -3.81. The fourth-order valence-electron chi connectivity index (χ4n) is 2.68. The second-order valence-corrected chi connectivity index (χ2v) is 7.59. The van der Waals surface area contributed by atoms with Gasteiger partial charge in [0.2, 0.25) is 0 Å². The molecule has 1 saturated heterocycles. The monoisotopic (exact) mass is 349 g/mol. The lowest BCUT2D eigenvalue weighted by Crippen LogP contribution is -2.44. The largest absolute Gasteiger partial charge is 0.369 e. The van der Waals surface area contributed by atoms with E-state index in [-0.39, 0.29) is 4.90 Å². The Bertz CT molecular complexity index is 818. The lowest BCUT2D eigenvalue weighted by molar-refractivity contribution is 0.313. The molecule has 0 saturated carbocycles. The topological polar surface area (TPSA) is 52.6 Å². The minimum absolute atomic E-state index is 0.0903. The average Bonchev–Trinajstić information content (AvgIpc) is 2.55. The maximum atomic E-state index is 13.3. The van der Waals surface area contributed by atoms with Crippen LogP contribution in [0.3, 0.4) is 0 Å². The number of hydrogen-bond acceptors (Lipinski definition) is 4. The fourth-order valence-corrected chi connectivity index (χ4v) is 3.76. The number of anilines is 2. The molecule has 1 N–H and O–H groups in total. The summed E-state index contributed by atoms with van der Waals surface area (Å²) in [5.74, 6) is -0.580. The molecule has 0 aromatic heterocycles. The number of hydrogen-bond donors (Lipinski definition) is 1. The fraction of sp³-hybridized carbons (Fsp3) is 0.294. The molecular formula is C17H20FN3O2S. The molecule has 0 spiro atoms. The van der Waals surface area contributed by atoms with Crippen LogP contribution >= 0.6 is 0 Å². The van der Waals surface area contributed by atoms with Gasteiger partial charge in [-0.1, -0.05) is 12.1 Å². The van der Waals surface area contributed by atoms with Crippen molar-refractivity contribution < 1.29 is 12.8 Å². The quantitative estimate of drug-likeness (QED) is 0.921. The molecule has 1 aliphatic heterocycles. The standard InChI is InChI=1S/C17H20FN3O2S/c1-20-8-10-21(11-9-20)16-6-3-5-15(13-16)19-24(22,23)17-7-2-4-14(18)12-17/h2-7,12-13,19H,8-11H2,1H3. The van der Waals surface area contributed by atoms with Gasteiger partial charge < -0.3 is 9.80 Å². The van der Waals surface area contributed by atoms with Gasteiger partial charge in [0, 0.05) is 31.9 Å². The van der Waals surface area contributed by atoms with Gasteiger partial charge >= 0.3 is 0 Å². The van der Waals surface area contributed by atoms with Crippen molar-refractivity contribution in [3.63, 3.8) is 0 Å². The van der Waals surface area contributed by atoms with Crippen molar-refractivity contribution in [3.05, 3.63) is 54.3 Å². The first kappa shape index (κ1) is 16.7. The molecule has 0 aliphatic carbocycles. The smallest absolute Gasteiger partial charge is 0.261 e. The van der Waals surface area contributed by atoms with Crippen LogP contribution < -0.4 is 9.62 Å². The molecule has 0 unspecified atom stereocenters. The van der Waals surface area contributed by atoms with Gasteiger partial charge in [0.25, 0.3) is 10.0 Å². The normalized spacial score (nSPS) is 16.2. The van der Waals surface area contributed by atoms with Crippen LogP contribution in [0, 0.1) is 5.82 Å². The molecule has 2 aromatic rings. The van der Waals surface area contributed by atoms with Crippen LogP contribution in [0.15, 0.2) is 53.4 Å². The van der Waals surface area contributed by atoms with Crippen LogP contribution in [0.5, 0.6) is 0 Å². The Morgan fingerprint density at radius 3 is 2.42 bits per heavy atom. The predicted octanol–water partition coefficient (Wildman–Crippen LogP) is 2.38. The molecule has 1 aliphatic rings.